The molecule has 2 aromatic heterocycles. The number of aldehydes is 2. The van der Waals surface area contributed by atoms with Crippen molar-refractivity contribution in [3.05, 3.63) is 16.7 Å². The third-order valence-electron chi connectivity index (χ3n) is 2.92. The Bertz CT molecular complexity index is 1040. The number of carbonyl (C=O) groups excluding carboxylic acids is 2. The predicted molar refractivity (Wildman–Crippen MR) is 99.0 cm³/mol. The summed E-state index contributed by atoms with van der Waals surface area (Å²) in [4.78, 5) is 70.1. The molecule has 0 aliphatic carbocycles. The molecule has 2 heterocycles. The van der Waals surface area contributed by atoms with E-state index in [1.807, 2.05) is 0 Å². The standard InChI is InChI=1S/C10H13N5O11P2.2Na/c11-10-13-8-7(9(18)14-10)12-4-15(8)6(2-17)25-5(1-16)3-24-28(22,23)26-27(19,20)21;;/h1-2,4-6H,3H2,(H,22,23)(H2,19,20,21)(H3,11,13,14,18);;. The molecule has 0 amide bonds. The molecule has 20 heteroatoms. The van der Waals surface area contributed by atoms with Gasteiger partial charge in [0.2, 0.25) is 5.95 Å². The van der Waals surface area contributed by atoms with Crippen molar-refractivity contribution in [3.8, 4) is 0 Å². The molecule has 0 spiro atoms. The van der Waals surface area contributed by atoms with E-state index in [0.29, 0.717) is 0 Å². The molecule has 6 N–H and O–H groups in total. The van der Waals surface area contributed by atoms with Gasteiger partial charge in [0.1, 0.15) is 6.10 Å². The van der Waals surface area contributed by atoms with Crippen LogP contribution in [0.2, 0.25) is 0 Å². The number of fused-ring (bicyclic) bond motifs is 1. The summed E-state index contributed by atoms with van der Waals surface area (Å²) in [5.41, 5.74) is 4.39. The van der Waals surface area contributed by atoms with Gasteiger partial charge in [-0.25, -0.2) is 14.1 Å². The molecule has 30 heavy (non-hydrogen) atoms. The molecular weight excluding hydrogens is 474 g/mol. The molecule has 0 bridgehead atoms. The number of anilines is 1. The summed E-state index contributed by atoms with van der Waals surface area (Å²) >= 11 is 0. The number of carbonyl (C=O) groups is 2. The van der Waals surface area contributed by atoms with Crippen LogP contribution in [0.5, 0.6) is 0 Å². The Kier molecular flexibility index (Phi) is 12.0. The normalized spacial score (nSPS) is 15.3. The van der Waals surface area contributed by atoms with Crippen molar-refractivity contribution < 1.29 is 47.0 Å². The number of nitrogens with two attached hydrogens (primary N) is 1. The average Bonchev–Trinajstić information content (AvgIpc) is 2.97. The van der Waals surface area contributed by atoms with E-state index < -0.39 is 40.1 Å². The van der Waals surface area contributed by atoms with Gasteiger partial charge in [-0.2, -0.15) is 9.29 Å². The Morgan fingerprint density at radius 1 is 1.23 bits per heavy atom. The van der Waals surface area contributed by atoms with Crippen molar-refractivity contribution in [2.75, 3.05) is 12.3 Å². The van der Waals surface area contributed by atoms with Crippen molar-refractivity contribution >= 4 is 104 Å². The fraction of sp³-hybridized carbons (Fsp3) is 0.300. The van der Waals surface area contributed by atoms with Crippen molar-refractivity contribution in [1.29, 1.82) is 0 Å². The van der Waals surface area contributed by atoms with E-state index in [0.717, 1.165) is 10.9 Å². The van der Waals surface area contributed by atoms with Gasteiger partial charge in [0.15, 0.2) is 30.0 Å². The Morgan fingerprint density at radius 3 is 2.40 bits per heavy atom. The molecule has 156 valence electrons. The number of nitrogens with one attached hydrogen (secondary N) is 1. The van der Waals surface area contributed by atoms with Gasteiger partial charge < -0.3 is 29.9 Å². The minimum absolute atomic E-state index is 0. The van der Waals surface area contributed by atoms with Crippen molar-refractivity contribution in [2.24, 2.45) is 0 Å². The summed E-state index contributed by atoms with van der Waals surface area (Å²) in [7, 11) is -10.6. The molecule has 0 saturated heterocycles. The number of aromatic amines is 1. The average molecular weight is 487 g/mol. The first-order valence-electron chi connectivity index (χ1n) is 6.98. The molecule has 2 aromatic rings. The van der Waals surface area contributed by atoms with Crippen LogP contribution in [0.4, 0.5) is 5.95 Å². The fourth-order valence-electron chi connectivity index (χ4n) is 1.91. The summed E-state index contributed by atoms with van der Waals surface area (Å²) in [6, 6.07) is 0. The van der Waals surface area contributed by atoms with Crippen LogP contribution >= 0.6 is 15.6 Å². The van der Waals surface area contributed by atoms with Gasteiger partial charge in [-0.3, -0.25) is 23.7 Å². The summed E-state index contributed by atoms with van der Waals surface area (Å²) < 4.78 is 35.8. The number of hydrogen-bond acceptors (Lipinski definition) is 11. The Morgan fingerprint density at radius 2 is 1.87 bits per heavy atom. The number of H-pyrrole nitrogens is 1. The number of nitrogen functional groups attached to an aromatic ring is 1. The Hall–Kier alpha value is -0.290. The Balaban J connectivity index is 0.00000420. The van der Waals surface area contributed by atoms with Crippen LogP contribution in [-0.4, -0.2) is 119 Å². The van der Waals surface area contributed by atoms with E-state index in [2.05, 4.69) is 23.8 Å². The minimum Gasteiger partial charge on any atom is -0.369 e. The number of imidazole rings is 1. The van der Waals surface area contributed by atoms with Crippen LogP contribution in [0.3, 0.4) is 0 Å². The van der Waals surface area contributed by atoms with Crippen molar-refractivity contribution in [3.63, 3.8) is 0 Å². The summed E-state index contributed by atoms with van der Waals surface area (Å²) in [6.07, 6.45) is -1.96. The van der Waals surface area contributed by atoms with E-state index >= 15 is 0 Å². The second kappa shape index (κ2) is 12.1. The van der Waals surface area contributed by atoms with Crippen LogP contribution in [0.15, 0.2) is 11.1 Å². The SMILES string of the molecule is Nc1nc2c(ncn2C(C=O)OC(C=O)COP(=O)(O)OP(=O)(O)O)c(=O)[nH]1.[Na].[Na]. The quantitative estimate of drug-likeness (QED) is 0.132. The fourth-order valence-corrected chi connectivity index (χ4v) is 3.51. The summed E-state index contributed by atoms with van der Waals surface area (Å²) in [5.74, 6) is -0.282. The van der Waals surface area contributed by atoms with Crippen LogP contribution < -0.4 is 11.3 Å². The molecule has 0 saturated carbocycles. The molecular formula is C10H13N5Na2O11P2. The van der Waals surface area contributed by atoms with Gasteiger partial charge in [-0.15, -0.1) is 0 Å². The van der Waals surface area contributed by atoms with Crippen LogP contribution in [0.1, 0.15) is 6.23 Å². The first kappa shape index (κ1) is 29.7. The van der Waals surface area contributed by atoms with Crippen LogP contribution in [-0.2, 0) is 32.3 Å². The maximum atomic E-state index is 11.7. The molecule has 0 fully saturated rings. The molecule has 0 aromatic carbocycles. The van der Waals surface area contributed by atoms with E-state index in [1.54, 1.807) is 0 Å². The number of rotatable bonds is 10. The first-order valence-corrected chi connectivity index (χ1v) is 10.0. The number of ether oxygens (including phenoxy) is 1. The van der Waals surface area contributed by atoms with E-state index in [1.165, 1.54) is 0 Å². The maximum Gasteiger partial charge on any atom is 0.481 e. The van der Waals surface area contributed by atoms with Gasteiger partial charge >= 0.3 is 15.6 Å². The van der Waals surface area contributed by atoms with Crippen LogP contribution in [0.25, 0.3) is 11.2 Å². The third kappa shape index (κ3) is 8.33. The maximum absolute atomic E-state index is 11.7. The molecule has 3 unspecified atom stereocenters. The second-order valence-corrected chi connectivity index (χ2v) is 7.78. The minimum atomic E-state index is -5.35. The molecule has 3 atom stereocenters. The zero-order chi connectivity index (χ0) is 21.1. The van der Waals surface area contributed by atoms with Crippen LogP contribution in [0, 0.1) is 0 Å². The second-order valence-electron chi connectivity index (χ2n) is 4.95. The van der Waals surface area contributed by atoms with Gasteiger partial charge in [0, 0.05) is 59.1 Å². The van der Waals surface area contributed by atoms with Gasteiger partial charge in [0.25, 0.3) is 5.56 Å². The zero-order valence-electron chi connectivity index (χ0n) is 15.5. The number of aromatic nitrogens is 4. The van der Waals surface area contributed by atoms with E-state index in [9.17, 15) is 28.4 Å². The van der Waals surface area contributed by atoms with Crippen molar-refractivity contribution in [2.45, 2.75) is 12.3 Å². The third-order valence-corrected chi connectivity index (χ3v) is 5.07. The number of hydrogen-bond donors (Lipinski definition) is 5. The molecule has 16 nitrogen and oxygen atoms in total. The van der Waals surface area contributed by atoms with Gasteiger partial charge in [0.05, 0.1) is 12.9 Å². The first-order chi connectivity index (χ1) is 13.0. The van der Waals surface area contributed by atoms with Gasteiger partial charge in [-0.05, 0) is 0 Å². The molecule has 2 radical (unpaired) electrons. The molecule has 2 rings (SSSR count). The largest absolute Gasteiger partial charge is 0.481 e. The smallest absolute Gasteiger partial charge is 0.369 e. The number of phosphoric ester groups is 1. The number of nitrogens with zero attached hydrogens (tertiary/aromatic N) is 3. The summed E-state index contributed by atoms with van der Waals surface area (Å²) in [6.45, 7) is -1.01. The molecule has 0 aliphatic heterocycles. The van der Waals surface area contributed by atoms with Crippen molar-refractivity contribution in [1.82, 2.24) is 19.5 Å². The topological polar surface area (TPSA) is 246 Å². The zero-order valence-corrected chi connectivity index (χ0v) is 21.3. The molecule has 0 aliphatic rings. The van der Waals surface area contributed by atoms with E-state index in [-0.39, 0.29) is 88.8 Å². The van der Waals surface area contributed by atoms with E-state index in [4.69, 9.17) is 20.3 Å². The van der Waals surface area contributed by atoms with Gasteiger partial charge in [-0.1, -0.05) is 0 Å². The number of phosphoric acid groups is 2. The predicted octanol–water partition coefficient (Wildman–Crippen LogP) is -2.55. The summed E-state index contributed by atoms with van der Waals surface area (Å²) in [5, 5.41) is 0. The Labute approximate surface area is 210 Å². The monoisotopic (exact) mass is 487 g/mol.